The van der Waals surface area contributed by atoms with Gasteiger partial charge in [-0.2, -0.15) is 0 Å². The molecule has 6 heteroatoms. The Hall–Kier alpha value is -2.08. The third-order valence-electron chi connectivity index (χ3n) is 3.34. The summed E-state index contributed by atoms with van der Waals surface area (Å²) in [6, 6.07) is 5.56. The summed E-state index contributed by atoms with van der Waals surface area (Å²) in [5.74, 6) is 1.41. The second kappa shape index (κ2) is 6.58. The van der Waals surface area contributed by atoms with Gasteiger partial charge in [0.05, 0.1) is 14.2 Å². The highest BCUT2D eigenvalue weighted by Crippen LogP contribution is 2.26. The lowest BCUT2D eigenvalue weighted by Crippen LogP contribution is -2.18. The second-order valence-corrected chi connectivity index (χ2v) is 4.98. The van der Waals surface area contributed by atoms with Crippen molar-refractivity contribution in [3.8, 4) is 11.5 Å². The maximum absolute atomic E-state index is 12.1. The van der Waals surface area contributed by atoms with E-state index in [4.69, 9.17) is 21.7 Å². The van der Waals surface area contributed by atoms with Gasteiger partial charge >= 0.3 is 0 Å². The van der Waals surface area contributed by atoms with Crippen LogP contribution in [0.1, 0.15) is 23.7 Å². The minimum Gasteiger partial charge on any atom is -0.497 e. The van der Waals surface area contributed by atoms with Gasteiger partial charge < -0.3 is 14.5 Å². The number of rotatable bonds is 5. The monoisotopic (exact) mass is 306 g/mol. The molecule has 1 aromatic heterocycles. The van der Waals surface area contributed by atoms with Crippen molar-refractivity contribution in [2.45, 2.75) is 19.8 Å². The van der Waals surface area contributed by atoms with Crippen molar-refractivity contribution in [2.75, 3.05) is 14.2 Å². The van der Waals surface area contributed by atoms with Crippen molar-refractivity contribution in [3.05, 3.63) is 50.1 Å². The summed E-state index contributed by atoms with van der Waals surface area (Å²) >= 11 is 5.01. The van der Waals surface area contributed by atoms with Crippen LogP contribution in [-0.4, -0.2) is 24.2 Å². The summed E-state index contributed by atoms with van der Waals surface area (Å²) in [4.78, 5) is 17.8. The molecule has 0 aliphatic heterocycles. The van der Waals surface area contributed by atoms with E-state index in [1.807, 2.05) is 19.1 Å². The summed E-state index contributed by atoms with van der Waals surface area (Å²) in [6.45, 7) is 1.98. The topological polar surface area (TPSA) is 67.1 Å². The molecule has 0 saturated heterocycles. The van der Waals surface area contributed by atoms with Gasteiger partial charge in [0.25, 0.3) is 5.56 Å². The third kappa shape index (κ3) is 3.33. The largest absolute Gasteiger partial charge is 0.497 e. The Bertz CT molecular complexity index is 749. The number of aryl methyl sites for hydroxylation is 1. The van der Waals surface area contributed by atoms with Crippen LogP contribution in [0.15, 0.2) is 23.0 Å². The fraction of sp³-hybridized carbons (Fsp3) is 0.333. The van der Waals surface area contributed by atoms with E-state index in [0.717, 1.165) is 11.3 Å². The SMILES string of the molecule is CCc1[nH]c(=S)[nH]c(=O)c1Cc1ccc(OC)cc1OC. The first-order chi connectivity index (χ1) is 10.1. The number of methoxy groups -OCH3 is 2. The van der Waals surface area contributed by atoms with Crippen molar-refractivity contribution < 1.29 is 9.47 Å². The van der Waals surface area contributed by atoms with Crippen molar-refractivity contribution in [2.24, 2.45) is 0 Å². The number of H-pyrrole nitrogens is 2. The molecule has 0 fully saturated rings. The zero-order valence-corrected chi connectivity index (χ0v) is 13.1. The molecule has 0 aliphatic carbocycles. The highest BCUT2D eigenvalue weighted by atomic mass is 32.1. The summed E-state index contributed by atoms with van der Waals surface area (Å²) in [5, 5.41) is 0. The Morgan fingerprint density at radius 1 is 1.19 bits per heavy atom. The van der Waals surface area contributed by atoms with Gasteiger partial charge in [-0.3, -0.25) is 9.78 Å². The number of hydrogen-bond donors (Lipinski definition) is 2. The molecule has 2 N–H and O–H groups in total. The van der Waals surface area contributed by atoms with E-state index in [2.05, 4.69) is 9.97 Å². The number of hydrogen-bond acceptors (Lipinski definition) is 4. The maximum atomic E-state index is 12.1. The van der Waals surface area contributed by atoms with Gasteiger partial charge in [-0.25, -0.2) is 0 Å². The fourth-order valence-electron chi connectivity index (χ4n) is 2.24. The number of nitrogens with one attached hydrogen (secondary N) is 2. The predicted molar refractivity (Wildman–Crippen MR) is 84.0 cm³/mol. The average Bonchev–Trinajstić information content (AvgIpc) is 2.49. The normalized spacial score (nSPS) is 10.4. The molecular formula is C15H18N2O3S. The van der Waals surface area contributed by atoms with E-state index < -0.39 is 0 Å². The smallest absolute Gasteiger partial charge is 0.255 e. The van der Waals surface area contributed by atoms with Crippen LogP contribution in [0.25, 0.3) is 0 Å². The van der Waals surface area contributed by atoms with Gasteiger partial charge in [0.2, 0.25) is 0 Å². The number of benzene rings is 1. The molecule has 0 unspecified atom stereocenters. The maximum Gasteiger partial charge on any atom is 0.255 e. The fourth-order valence-corrected chi connectivity index (χ4v) is 2.45. The lowest BCUT2D eigenvalue weighted by atomic mass is 10.0. The van der Waals surface area contributed by atoms with Gasteiger partial charge in [0, 0.05) is 23.7 Å². The van der Waals surface area contributed by atoms with Crippen LogP contribution in [0.3, 0.4) is 0 Å². The van der Waals surface area contributed by atoms with Crippen molar-refractivity contribution >= 4 is 12.2 Å². The van der Waals surface area contributed by atoms with Gasteiger partial charge in [-0.15, -0.1) is 0 Å². The first-order valence-electron chi connectivity index (χ1n) is 6.64. The molecule has 0 aliphatic rings. The Morgan fingerprint density at radius 3 is 2.57 bits per heavy atom. The molecule has 5 nitrogen and oxygen atoms in total. The first-order valence-corrected chi connectivity index (χ1v) is 7.05. The zero-order chi connectivity index (χ0) is 15.4. The van der Waals surface area contributed by atoms with E-state index in [-0.39, 0.29) is 5.56 Å². The van der Waals surface area contributed by atoms with Crippen LogP contribution in [0.2, 0.25) is 0 Å². The second-order valence-electron chi connectivity index (χ2n) is 4.57. The van der Waals surface area contributed by atoms with Crippen molar-refractivity contribution in [3.63, 3.8) is 0 Å². The van der Waals surface area contributed by atoms with E-state index in [9.17, 15) is 4.79 Å². The highest BCUT2D eigenvalue weighted by molar-refractivity contribution is 7.71. The van der Waals surface area contributed by atoms with Gasteiger partial charge in [-0.1, -0.05) is 13.0 Å². The number of aromatic amines is 2. The molecule has 2 rings (SSSR count). The molecular weight excluding hydrogens is 288 g/mol. The number of ether oxygens (including phenoxy) is 2. The quantitative estimate of drug-likeness (QED) is 0.833. The molecule has 0 saturated carbocycles. The van der Waals surface area contributed by atoms with Crippen LogP contribution in [0.5, 0.6) is 11.5 Å². The lowest BCUT2D eigenvalue weighted by molar-refractivity contribution is 0.391. The molecule has 0 spiro atoms. The predicted octanol–water partition coefficient (Wildman–Crippen LogP) is 2.60. The van der Waals surface area contributed by atoms with Crippen molar-refractivity contribution in [1.29, 1.82) is 0 Å². The van der Waals surface area contributed by atoms with Crippen LogP contribution in [0.4, 0.5) is 0 Å². The Balaban J connectivity index is 2.48. The van der Waals surface area contributed by atoms with Gasteiger partial charge in [0.1, 0.15) is 11.5 Å². The van der Waals surface area contributed by atoms with E-state index in [1.54, 1.807) is 20.3 Å². The standard InChI is InChI=1S/C15H18N2O3S/c1-4-12-11(14(18)17-15(21)16-12)7-9-5-6-10(19-2)8-13(9)20-3/h5-6,8H,4,7H2,1-3H3,(H2,16,17,18,21). The van der Waals surface area contributed by atoms with E-state index in [0.29, 0.717) is 34.7 Å². The minimum atomic E-state index is -0.159. The van der Waals surface area contributed by atoms with E-state index >= 15 is 0 Å². The molecule has 0 radical (unpaired) electrons. The summed E-state index contributed by atoms with van der Waals surface area (Å²) < 4.78 is 10.9. The van der Waals surface area contributed by atoms with Crippen LogP contribution < -0.4 is 15.0 Å². The zero-order valence-electron chi connectivity index (χ0n) is 12.3. The Morgan fingerprint density at radius 2 is 1.95 bits per heavy atom. The molecule has 1 heterocycles. The summed E-state index contributed by atoms with van der Waals surface area (Å²) in [7, 11) is 3.20. The Labute approximate surface area is 127 Å². The van der Waals surface area contributed by atoms with Crippen molar-refractivity contribution in [1.82, 2.24) is 9.97 Å². The summed E-state index contributed by atoms with van der Waals surface area (Å²) in [6.07, 6.45) is 1.18. The highest BCUT2D eigenvalue weighted by Gasteiger charge is 2.12. The average molecular weight is 306 g/mol. The van der Waals surface area contributed by atoms with Crippen LogP contribution >= 0.6 is 12.2 Å². The molecule has 2 aromatic rings. The molecule has 0 atom stereocenters. The minimum absolute atomic E-state index is 0.159. The van der Waals surface area contributed by atoms with Crippen LogP contribution in [-0.2, 0) is 12.8 Å². The van der Waals surface area contributed by atoms with Crippen LogP contribution in [0, 0.1) is 4.77 Å². The molecule has 1 aromatic carbocycles. The molecule has 112 valence electrons. The Kier molecular flexibility index (Phi) is 4.80. The molecule has 0 amide bonds. The summed E-state index contributed by atoms with van der Waals surface area (Å²) in [5.41, 5.74) is 2.29. The van der Waals surface area contributed by atoms with E-state index in [1.165, 1.54) is 0 Å². The van der Waals surface area contributed by atoms with Gasteiger partial charge in [-0.05, 0) is 30.3 Å². The number of aromatic nitrogens is 2. The first kappa shape index (κ1) is 15.3. The lowest BCUT2D eigenvalue weighted by Gasteiger charge is -2.12. The molecule has 0 bridgehead atoms. The third-order valence-corrected chi connectivity index (χ3v) is 3.55. The van der Waals surface area contributed by atoms with Gasteiger partial charge in [0.15, 0.2) is 4.77 Å². The molecule has 21 heavy (non-hydrogen) atoms.